The maximum absolute atomic E-state index is 9.63. The number of carbonyl (C=O) groups is 3. The van der Waals surface area contributed by atoms with Crippen LogP contribution in [0.3, 0.4) is 0 Å². The van der Waals surface area contributed by atoms with Crippen LogP contribution in [-0.2, 0) is 48.5 Å². The average molecular weight is 364 g/mol. The first-order valence-electron chi connectivity index (χ1n) is 3.78. The standard InChI is InChI=1S/C4H6O6.C3H6O3.2Cu/c5-1(3(7)8)2(6)4(9)10;1-2(4)3(5)6;;/h1-2,5-6H,(H,7,8)(H,9,10);2,4H,1H3,(H,5,6);;/q;;2*+2/p-3. The first kappa shape index (κ1) is 26.0. The molecule has 112 valence electrons. The number of carboxylic acids is 3. The van der Waals surface area contributed by atoms with Crippen molar-refractivity contribution < 1.29 is 79.2 Å². The van der Waals surface area contributed by atoms with Crippen molar-refractivity contribution in [1.29, 1.82) is 0 Å². The van der Waals surface area contributed by atoms with Crippen LogP contribution in [0.25, 0.3) is 0 Å². The summed E-state index contributed by atoms with van der Waals surface area (Å²) < 4.78 is 0. The average Bonchev–Trinajstić information content (AvgIpc) is 2.15. The molecule has 3 N–H and O–H groups in total. The Labute approximate surface area is 122 Å². The molecule has 0 aliphatic rings. The molecule has 11 heteroatoms. The molecule has 0 fully saturated rings. The predicted octanol–water partition coefficient (Wildman–Crippen LogP) is -6.68. The zero-order chi connectivity index (χ0) is 13.5. The van der Waals surface area contributed by atoms with Gasteiger partial charge in [-0.1, -0.05) is 0 Å². The molecule has 0 spiro atoms. The molecule has 0 aromatic heterocycles. The summed E-state index contributed by atoms with van der Waals surface area (Å²) in [5.74, 6) is -5.55. The Balaban J connectivity index is -0.000000108. The number of aliphatic hydroxyl groups is 3. The van der Waals surface area contributed by atoms with E-state index in [1.54, 1.807) is 0 Å². The van der Waals surface area contributed by atoms with Crippen LogP contribution in [0.5, 0.6) is 0 Å². The summed E-state index contributed by atoms with van der Waals surface area (Å²) in [6.07, 6.45) is -6.22. The second-order valence-electron chi connectivity index (χ2n) is 2.52. The second kappa shape index (κ2) is 12.8. The Hall–Kier alpha value is -0.671. The van der Waals surface area contributed by atoms with Crippen LogP contribution < -0.4 is 15.3 Å². The summed E-state index contributed by atoms with van der Waals surface area (Å²) >= 11 is 0. The SMILES string of the molecule is CC(O)C(=O)[O-].O=C([O-])C(O)C(O)C(=O)[O-].[Cu+2].[Cu+2]. The number of hydrogen-bond acceptors (Lipinski definition) is 9. The van der Waals surface area contributed by atoms with Gasteiger partial charge in [0.1, 0.15) is 12.2 Å². The van der Waals surface area contributed by atoms with E-state index < -0.39 is 36.2 Å². The van der Waals surface area contributed by atoms with Crippen LogP contribution in [0.2, 0.25) is 0 Å². The number of carbonyl (C=O) groups excluding carboxylic acids is 3. The summed E-state index contributed by atoms with van der Waals surface area (Å²) in [6, 6.07) is 0. The van der Waals surface area contributed by atoms with Crippen molar-refractivity contribution in [3.63, 3.8) is 0 Å². The Morgan fingerprint density at radius 1 is 0.778 bits per heavy atom. The Morgan fingerprint density at radius 3 is 1.00 bits per heavy atom. The summed E-state index contributed by atoms with van der Waals surface area (Å²) in [7, 11) is 0. The Bertz CT molecular complexity index is 250. The fraction of sp³-hybridized carbons (Fsp3) is 0.571. The fourth-order valence-corrected chi connectivity index (χ4v) is 0.258. The van der Waals surface area contributed by atoms with E-state index >= 15 is 0 Å². The summed E-state index contributed by atoms with van der Waals surface area (Å²) in [4.78, 5) is 28.6. The van der Waals surface area contributed by atoms with Crippen molar-refractivity contribution in [3.8, 4) is 0 Å². The maximum Gasteiger partial charge on any atom is 2.00 e. The number of rotatable bonds is 4. The van der Waals surface area contributed by atoms with Crippen LogP contribution in [0, 0.1) is 0 Å². The van der Waals surface area contributed by atoms with Gasteiger partial charge in [0.15, 0.2) is 0 Å². The van der Waals surface area contributed by atoms with E-state index in [4.69, 9.17) is 15.3 Å². The molecule has 0 saturated heterocycles. The molecule has 0 aromatic carbocycles. The third-order valence-electron chi connectivity index (χ3n) is 1.12. The van der Waals surface area contributed by atoms with Crippen molar-refractivity contribution in [2.24, 2.45) is 0 Å². The van der Waals surface area contributed by atoms with E-state index in [0.717, 1.165) is 6.92 Å². The van der Waals surface area contributed by atoms with E-state index in [0.29, 0.717) is 0 Å². The molecule has 0 rings (SSSR count). The van der Waals surface area contributed by atoms with E-state index in [2.05, 4.69) is 0 Å². The minimum atomic E-state index is -2.44. The minimum Gasteiger partial charge on any atom is -0.547 e. The van der Waals surface area contributed by atoms with Crippen molar-refractivity contribution in [2.75, 3.05) is 0 Å². The molecule has 18 heavy (non-hydrogen) atoms. The summed E-state index contributed by atoms with van der Waals surface area (Å²) in [6.45, 7) is 1.13. The van der Waals surface area contributed by atoms with Crippen LogP contribution >= 0.6 is 0 Å². The molecule has 0 aliphatic carbocycles. The van der Waals surface area contributed by atoms with Crippen LogP contribution in [-0.4, -0.2) is 51.5 Å². The van der Waals surface area contributed by atoms with Crippen LogP contribution in [0.15, 0.2) is 0 Å². The third kappa shape index (κ3) is 13.4. The number of aliphatic carboxylic acids is 3. The van der Waals surface area contributed by atoms with E-state index in [1.807, 2.05) is 0 Å². The molecule has 0 heterocycles. The molecule has 0 aromatic rings. The minimum absolute atomic E-state index is 0. The van der Waals surface area contributed by atoms with Gasteiger partial charge in [-0.2, -0.15) is 0 Å². The third-order valence-corrected chi connectivity index (χ3v) is 1.12. The van der Waals surface area contributed by atoms with Gasteiger partial charge in [-0.3, -0.25) is 0 Å². The van der Waals surface area contributed by atoms with E-state index in [9.17, 15) is 29.7 Å². The zero-order valence-electron chi connectivity index (χ0n) is 8.63. The molecule has 0 saturated carbocycles. The van der Waals surface area contributed by atoms with Gasteiger partial charge in [-0.25, -0.2) is 0 Å². The fourth-order valence-electron chi connectivity index (χ4n) is 0.258. The van der Waals surface area contributed by atoms with Crippen molar-refractivity contribution in [3.05, 3.63) is 0 Å². The Morgan fingerprint density at radius 2 is 0.944 bits per heavy atom. The van der Waals surface area contributed by atoms with Gasteiger partial charge in [0.25, 0.3) is 0 Å². The predicted molar refractivity (Wildman–Crippen MR) is 38.7 cm³/mol. The van der Waals surface area contributed by atoms with Crippen molar-refractivity contribution in [2.45, 2.75) is 25.2 Å². The van der Waals surface area contributed by atoms with Gasteiger partial charge in [0.2, 0.25) is 0 Å². The molecule has 3 unspecified atom stereocenters. The molecule has 0 aliphatic heterocycles. The first-order valence-corrected chi connectivity index (χ1v) is 3.78. The van der Waals surface area contributed by atoms with Gasteiger partial charge in [0.05, 0.1) is 24.0 Å². The molecule has 0 amide bonds. The normalized spacial score (nSPS) is 13.3. The zero-order valence-corrected chi connectivity index (χ0v) is 10.5. The van der Waals surface area contributed by atoms with Gasteiger partial charge in [-0.05, 0) is 6.92 Å². The molecule has 0 bridgehead atoms. The largest absolute Gasteiger partial charge is 2.00 e. The van der Waals surface area contributed by atoms with Crippen LogP contribution in [0.1, 0.15) is 6.92 Å². The molecule has 2 radical (unpaired) electrons. The van der Waals surface area contributed by atoms with E-state index in [1.165, 1.54) is 0 Å². The van der Waals surface area contributed by atoms with Gasteiger partial charge in [0, 0.05) is 0 Å². The Kier molecular flexibility index (Phi) is 18.5. The van der Waals surface area contributed by atoms with Crippen molar-refractivity contribution >= 4 is 17.9 Å². The molecule has 3 atom stereocenters. The topological polar surface area (TPSA) is 181 Å². The quantitative estimate of drug-likeness (QED) is 0.408. The summed E-state index contributed by atoms with van der Waals surface area (Å²) in [5.41, 5.74) is 0. The van der Waals surface area contributed by atoms with E-state index in [-0.39, 0.29) is 34.1 Å². The number of hydrogen-bond donors (Lipinski definition) is 3. The summed E-state index contributed by atoms with van der Waals surface area (Å²) in [5, 5.41) is 53.0. The molecule has 9 nitrogen and oxygen atoms in total. The van der Waals surface area contributed by atoms with Gasteiger partial charge >= 0.3 is 34.1 Å². The van der Waals surface area contributed by atoms with Gasteiger partial charge < -0.3 is 45.0 Å². The number of carboxylic acid groups (broad SMARTS) is 3. The number of aliphatic hydroxyl groups excluding tert-OH is 3. The van der Waals surface area contributed by atoms with Crippen molar-refractivity contribution in [1.82, 2.24) is 0 Å². The molecular formula is C7H9Cu2O9+. The monoisotopic (exact) mass is 363 g/mol. The maximum atomic E-state index is 9.63. The first-order chi connectivity index (χ1) is 7.11. The van der Waals surface area contributed by atoms with Gasteiger partial charge in [-0.15, -0.1) is 0 Å². The smallest absolute Gasteiger partial charge is 0.547 e. The second-order valence-corrected chi connectivity index (χ2v) is 2.52. The molecular weight excluding hydrogens is 355 g/mol. The van der Waals surface area contributed by atoms with Crippen LogP contribution in [0.4, 0.5) is 0 Å².